The number of amides is 1. The first-order valence-corrected chi connectivity index (χ1v) is 8.84. The summed E-state index contributed by atoms with van der Waals surface area (Å²) in [7, 11) is 1.68. The molecule has 4 rings (SSSR count). The van der Waals surface area contributed by atoms with Crippen molar-refractivity contribution in [3.05, 3.63) is 30.4 Å². The number of fused-ring (bicyclic) bond motifs is 3. The number of nitrogens with one attached hydrogen (secondary N) is 2. The average molecular weight is 449 g/mol. The predicted octanol–water partition coefficient (Wildman–Crippen LogP) is 2.95. The SMILES string of the molecule is CNC(=O)[C-]1CCC(n2cnc3c4c(c(Cl)nc32)CCC(C)N4)C1.[CH3-].[Sr+2]. The zero-order valence-corrected chi connectivity index (χ0v) is 19.8. The van der Waals surface area contributed by atoms with Gasteiger partial charge in [-0.3, -0.25) is 5.92 Å². The summed E-state index contributed by atoms with van der Waals surface area (Å²) in [6.07, 6.45) is 6.30. The van der Waals surface area contributed by atoms with Crippen molar-refractivity contribution >= 4 is 79.8 Å². The summed E-state index contributed by atoms with van der Waals surface area (Å²) in [5.41, 5.74) is 3.78. The number of rotatable bonds is 2. The minimum absolute atomic E-state index is 0. The van der Waals surface area contributed by atoms with Crippen molar-refractivity contribution in [1.29, 1.82) is 0 Å². The zero-order valence-electron chi connectivity index (χ0n) is 15.6. The molecule has 3 heterocycles. The standard InChI is InChI=1S/C17H21ClN5O.CH3.Sr/c1-9-3-6-12-13(21-9)14-16(22-15(12)18)23(8-20-14)11-5-4-10(7-11)17(24)19-2;;/h8-9,11,21H,3-7H2,1-2H3,(H,19,24);1H3;/q2*-1;+2. The first-order chi connectivity index (χ1) is 11.6. The summed E-state index contributed by atoms with van der Waals surface area (Å²) in [5, 5.41) is 6.79. The van der Waals surface area contributed by atoms with Crippen LogP contribution in [0.1, 0.15) is 44.2 Å². The molecular weight excluding hydrogens is 425 g/mol. The normalized spacial score (nSPS) is 21.4. The third kappa shape index (κ3) is 3.74. The molecule has 1 amide bonds. The van der Waals surface area contributed by atoms with Gasteiger partial charge in [0.2, 0.25) is 0 Å². The van der Waals surface area contributed by atoms with E-state index in [2.05, 4.69) is 32.1 Å². The van der Waals surface area contributed by atoms with Crippen molar-refractivity contribution in [1.82, 2.24) is 19.9 Å². The monoisotopic (exact) mass is 449 g/mol. The number of aromatic nitrogens is 3. The van der Waals surface area contributed by atoms with Crippen LogP contribution in [0.3, 0.4) is 0 Å². The van der Waals surface area contributed by atoms with Crippen LogP contribution in [-0.4, -0.2) is 79.0 Å². The number of carbonyl (C=O) groups excluding carboxylic acids is 1. The molecule has 0 saturated heterocycles. The molecular formula is C18H24ClN5OSr. The summed E-state index contributed by atoms with van der Waals surface area (Å²) < 4.78 is 2.08. The average Bonchev–Trinajstić information content (AvgIpc) is 3.20. The second-order valence-corrected chi connectivity index (χ2v) is 7.10. The number of imidazole rings is 1. The first-order valence-electron chi connectivity index (χ1n) is 8.46. The summed E-state index contributed by atoms with van der Waals surface area (Å²) in [5.74, 6) is 0.987. The van der Waals surface area contributed by atoms with Gasteiger partial charge in [-0.15, -0.1) is 6.42 Å². The molecule has 1 fully saturated rings. The van der Waals surface area contributed by atoms with Crippen molar-refractivity contribution in [3.8, 4) is 0 Å². The largest absolute Gasteiger partial charge is 2.00 e. The van der Waals surface area contributed by atoms with Crippen LogP contribution in [0.4, 0.5) is 5.69 Å². The summed E-state index contributed by atoms with van der Waals surface area (Å²) in [4.78, 5) is 21.1. The molecule has 6 nitrogen and oxygen atoms in total. The van der Waals surface area contributed by atoms with Crippen molar-refractivity contribution in [2.24, 2.45) is 0 Å². The van der Waals surface area contributed by atoms with E-state index in [1.165, 1.54) is 0 Å². The van der Waals surface area contributed by atoms with E-state index in [1.807, 2.05) is 6.33 Å². The molecule has 2 atom stereocenters. The molecule has 1 aliphatic carbocycles. The van der Waals surface area contributed by atoms with Gasteiger partial charge < -0.3 is 27.4 Å². The van der Waals surface area contributed by atoms with E-state index in [-0.39, 0.29) is 64.9 Å². The van der Waals surface area contributed by atoms with Gasteiger partial charge in [-0.1, -0.05) is 18.0 Å². The Labute approximate surface area is 196 Å². The van der Waals surface area contributed by atoms with Crippen molar-refractivity contribution in [2.75, 3.05) is 12.4 Å². The number of carbonyl (C=O) groups is 1. The molecule has 2 unspecified atom stereocenters. The van der Waals surface area contributed by atoms with Gasteiger partial charge in [0.25, 0.3) is 0 Å². The maximum absolute atomic E-state index is 11.9. The fourth-order valence-corrected chi connectivity index (χ4v) is 4.10. The number of hydrogen-bond acceptors (Lipinski definition) is 4. The predicted molar refractivity (Wildman–Crippen MR) is 106 cm³/mol. The van der Waals surface area contributed by atoms with Gasteiger partial charge in [0.05, 0.1) is 17.9 Å². The van der Waals surface area contributed by atoms with Crippen LogP contribution in [0.5, 0.6) is 0 Å². The molecule has 0 aromatic carbocycles. The molecule has 0 radical (unpaired) electrons. The second-order valence-electron chi connectivity index (χ2n) is 6.74. The van der Waals surface area contributed by atoms with E-state index in [1.54, 1.807) is 7.05 Å². The molecule has 0 bridgehead atoms. The Morgan fingerprint density at radius 2 is 2.23 bits per heavy atom. The van der Waals surface area contributed by atoms with Crippen LogP contribution in [0, 0.1) is 13.3 Å². The van der Waals surface area contributed by atoms with Crippen molar-refractivity contribution < 1.29 is 4.79 Å². The Hall–Kier alpha value is -0.469. The molecule has 136 valence electrons. The van der Waals surface area contributed by atoms with Crippen molar-refractivity contribution in [2.45, 2.75) is 51.1 Å². The van der Waals surface area contributed by atoms with Gasteiger partial charge in [-0.25, -0.2) is 9.97 Å². The van der Waals surface area contributed by atoms with E-state index >= 15 is 0 Å². The maximum atomic E-state index is 11.9. The van der Waals surface area contributed by atoms with E-state index in [9.17, 15) is 4.79 Å². The minimum atomic E-state index is 0. The molecule has 1 saturated carbocycles. The van der Waals surface area contributed by atoms with Crippen LogP contribution in [0.2, 0.25) is 5.15 Å². The smallest absolute Gasteiger partial charge is 0.384 e. The van der Waals surface area contributed by atoms with Gasteiger partial charge in [0, 0.05) is 24.7 Å². The Bertz CT molecular complexity index is 808. The molecule has 2 aliphatic rings. The third-order valence-corrected chi connectivity index (χ3v) is 5.49. The number of halogens is 1. The van der Waals surface area contributed by atoms with E-state index in [0.717, 1.165) is 60.4 Å². The quantitative estimate of drug-likeness (QED) is 0.420. The van der Waals surface area contributed by atoms with Crippen LogP contribution in [-0.2, 0) is 11.2 Å². The Morgan fingerprint density at radius 1 is 1.46 bits per heavy atom. The van der Waals surface area contributed by atoms with Gasteiger partial charge in [-0.05, 0) is 19.8 Å². The number of pyridine rings is 1. The summed E-state index contributed by atoms with van der Waals surface area (Å²) >= 11 is 6.44. The fraction of sp³-hybridized carbons (Fsp3) is 0.500. The topological polar surface area (TPSA) is 71.8 Å². The number of hydrogen-bond donors (Lipinski definition) is 2. The second kappa shape index (κ2) is 8.69. The van der Waals surface area contributed by atoms with Gasteiger partial charge in [0.1, 0.15) is 10.7 Å². The summed E-state index contributed by atoms with van der Waals surface area (Å²) in [6.45, 7) is 2.17. The third-order valence-electron chi connectivity index (χ3n) is 5.18. The van der Waals surface area contributed by atoms with Crippen LogP contribution >= 0.6 is 11.6 Å². The van der Waals surface area contributed by atoms with E-state index in [4.69, 9.17) is 11.6 Å². The Balaban J connectivity index is 0.00000121. The van der Waals surface area contributed by atoms with E-state index < -0.39 is 0 Å². The number of anilines is 1. The van der Waals surface area contributed by atoms with Crippen LogP contribution < -0.4 is 10.6 Å². The number of nitrogens with zero attached hydrogens (tertiary/aromatic N) is 3. The zero-order chi connectivity index (χ0) is 16.8. The summed E-state index contributed by atoms with van der Waals surface area (Å²) in [6, 6.07) is 0.619. The fourth-order valence-electron chi connectivity index (χ4n) is 3.83. The molecule has 8 heteroatoms. The van der Waals surface area contributed by atoms with Gasteiger partial charge >= 0.3 is 45.5 Å². The molecule has 2 N–H and O–H groups in total. The molecule has 1 aliphatic heterocycles. The maximum Gasteiger partial charge on any atom is 2.00 e. The van der Waals surface area contributed by atoms with Crippen LogP contribution in [0.15, 0.2) is 6.33 Å². The molecule has 26 heavy (non-hydrogen) atoms. The molecule has 2 aromatic rings. The van der Waals surface area contributed by atoms with Gasteiger partial charge in [0.15, 0.2) is 5.65 Å². The van der Waals surface area contributed by atoms with E-state index in [0.29, 0.717) is 11.2 Å². The minimum Gasteiger partial charge on any atom is -0.384 e. The Kier molecular flexibility index (Phi) is 7.30. The van der Waals surface area contributed by atoms with Crippen molar-refractivity contribution in [3.63, 3.8) is 0 Å². The van der Waals surface area contributed by atoms with Crippen LogP contribution in [0.25, 0.3) is 11.2 Å². The molecule has 0 spiro atoms. The molecule has 2 aromatic heterocycles. The Morgan fingerprint density at radius 3 is 2.96 bits per heavy atom. The first kappa shape index (κ1) is 21.8. The van der Waals surface area contributed by atoms with Gasteiger partial charge in [-0.2, -0.15) is 6.42 Å².